The van der Waals surface area contributed by atoms with Crippen LogP contribution in [-0.2, 0) is 14.8 Å². The van der Waals surface area contributed by atoms with Crippen LogP contribution in [0.5, 0.6) is 0 Å². The summed E-state index contributed by atoms with van der Waals surface area (Å²) in [4.78, 5) is 14.9. The van der Waals surface area contributed by atoms with Gasteiger partial charge in [0.15, 0.2) is 0 Å². The standard InChI is InChI=1S/C17H32N2O4S/c1-3-11-19(15-7-5-6-8-16(15)20)17(21)14-9-12-18(13-10-14)24(22,23)4-2/h14-16,20H,3-13H2,1-2H3/t15-,16+/m0/s1. The average Bonchev–Trinajstić information content (AvgIpc) is 2.60. The minimum absolute atomic E-state index is 0.0661. The lowest BCUT2D eigenvalue weighted by Gasteiger charge is -2.40. The van der Waals surface area contributed by atoms with Gasteiger partial charge in [0.2, 0.25) is 15.9 Å². The van der Waals surface area contributed by atoms with Crippen LogP contribution in [0.2, 0.25) is 0 Å². The molecule has 7 heteroatoms. The first-order chi connectivity index (χ1) is 11.4. The Labute approximate surface area is 146 Å². The quantitative estimate of drug-likeness (QED) is 0.780. The van der Waals surface area contributed by atoms with Crippen LogP contribution in [0.25, 0.3) is 0 Å². The van der Waals surface area contributed by atoms with E-state index in [1.165, 1.54) is 4.31 Å². The number of carbonyl (C=O) groups is 1. The molecule has 1 saturated heterocycles. The van der Waals surface area contributed by atoms with E-state index in [4.69, 9.17) is 0 Å². The summed E-state index contributed by atoms with van der Waals surface area (Å²) in [5.74, 6) is 0.104. The second kappa shape index (κ2) is 8.63. The van der Waals surface area contributed by atoms with Crippen molar-refractivity contribution in [1.29, 1.82) is 0 Å². The molecule has 6 nitrogen and oxygen atoms in total. The van der Waals surface area contributed by atoms with Crippen molar-refractivity contribution in [2.45, 2.75) is 70.9 Å². The largest absolute Gasteiger partial charge is 0.391 e. The third kappa shape index (κ3) is 4.49. The molecular weight excluding hydrogens is 328 g/mol. The van der Waals surface area contributed by atoms with Crippen molar-refractivity contribution in [3.8, 4) is 0 Å². The number of piperidine rings is 1. The molecule has 0 radical (unpaired) electrons. The Morgan fingerprint density at radius 1 is 1.12 bits per heavy atom. The Hall–Kier alpha value is -0.660. The molecule has 0 aromatic carbocycles. The number of hydrogen-bond acceptors (Lipinski definition) is 4. The van der Waals surface area contributed by atoms with Gasteiger partial charge in [-0.15, -0.1) is 0 Å². The molecule has 1 saturated carbocycles. The van der Waals surface area contributed by atoms with Gasteiger partial charge in [0.05, 0.1) is 17.9 Å². The molecule has 0 aromatic rings. The maximum absolute atomic E-state index is 13.0. The fourth-order valence-electron chi connectivity index (χ4n) is 3.93. The Morgan fingerprint density at radius 2 is 1.75 bits per heavy atom. The highest BCUT2D eigenvalue weighted by Crippen LogP contribution is 2.28. The van der Waals surface area contributed by atoms with Gasteiger partial charge in [0, 0.05) is 25.6 Å². The minimum atomic E-state index is -3.16. The van der Waals surface area contributed by atoms with Crippen LogP contribution in [0.4, 0.5) is 0 Å². The summed E-state index contributed by atoms with van der Waals surface area (Å²) >= 11 is 0. The number of hydrogen-bond donors (Lipinski definition) is 1. The smallest absolute Gasteiger partial charge is 0.226 e. The second-order valence-electron chi connectivity index (χ2n) is 7.02. The number of nitrogens with zero attached hydrogens (tertiary/aromatic N) is 2. The molecule has 1 amide bonds. The first-order valence-corrected chi connectivity index (χ1v) is 11.0. The average molecular weight is 361 g/mol. The number of amides is 1. The normalized spacial score (nSPS) is 27.1. The fraction of sp³-hybridized carbons (Fsp3) is 0.941. The lowest BCUT2D eigenvalue weighted by Crippen LogP contribution is -2.52. The predicted octanol–water partition coefficient (Wildman–Crippen LogP) is 1.59. The van der Waals surface area contributed by atoms with Gasteiger partial charge >= 0.3 is 0 Å². The zero-order valence-electron chi connectivity index (χ0n) is 15.0. The summed E-state index contributed by atoms with van der Waals surface area (Å²) in [6, 6.07) is -0.0661. The molecule has 0 unspecified atom stereocenters. The van der Waals surface area contributed by atoms with E-state index in [1.807, 2.05) is 11.8 Å². The van der Waals surface area contributed by atoms with E-state index >= 15 is 0 Å². The summed E-state index contributed by atoms with van der Waals surface area (Å²) in [5.41, 5.74) is 0. The van der Waals surface area contributed by atoms with Crippen molar-refractivity contribution in [2.24, 2.45) is 5.92 Å². The molecule has 0 spiro atoms. The maximum Gasteiger partial charge on any atom is 0.226 e. The van der Waals surface area contributed by atoms with E-state index in [9.17, 15) is 18.3 Å². The number of sulfonamides is 1. The van der Waals surface area contributed by atoms with E-state index in [-0.39, 0.29) is 23.6 Å². The molecule has 140 valence electrons. The van der Waals surface area contributed by atoms with Crippen LogP contribution in [-0.4, -0.2) is 66.2 Å². The molecule has 1 N–H and O–H groups in total. The number of carbonyl (C=O) groups excluding carboxylic acids is 1. The lowest BCUT2D eigenvalue weighted by atomic mass is 9.89. The summed E-state index contributed by atoms with van der Waals surface area (Å²) in [6.07, 6.45) is 5.35. The number of aliphatic hydroxyl groups excluding tert-OH is 1. The van der Waals surface area contributed by atoms with Gasteiger partial charge in [-0.1, -0.05) is 19.8 Å². The molecular formula is C17H32N2O4S. The highest BCUT2D eigenvalue weighted by molar-refractivity contribution is 7.89. The zero-order valence-corrected chi connectivity index (χ0v) is 15.8. The summed E-state index contributed by atoms with van der Waals surface area (Å²) in [5, 5.41) is 10.3. The van der Waals surface area contributed by atoms with Crippen molar-refractivity contribution in [3.05, 3.63) is 0 Å². The Kier molecular flexibility index (Phi) is 7.07. The third-order valence-electron chi connectivity index (χ3n) is 5.40. The predicted molar refractivity (Wildman–Crippen MR) is 94.0 cm³/mol. The molecule has 1 heterocycles. The van der Waals surface area contributed by atoms with E-state index in [0.29, 0.717) is 32.5 Å². The van der Waals surface area contributed by atoms with E-state index < -0.39 is 16.1 Å². The fourth-order valence-corrected chi connectivity index (χ4v) is 5.07. The molecule has 2 aliphatic rings. The van der Waals surface area contributed by atoms with Crippen LogP contribution < -0.4 is 0 Å². The number of aliphatic hydroxyl groups is 1. The molecule has 2 fully saturated rings. The van der Waals surface area contributed by atoms with Gasteiger partial charge in [0.1, 0.15) is 0 Å². The summed E-state index contributed by atoms with van der Waals surface area (Å²) < 4.78 is 25.4. The van der Waals surface area contributed by atoms with Crippen LogP contribution >= 0.6 is 0 Å². The SMILES string of the molecule is CCCN(C(=O)C1CCN(S(=O)(=O)CC)CC1)[C@H]1CCCC[C@H]1O. The van der Waals surface area contributed by atoms with Crippen molar-refractivity contribution in [2.75, 3.05) is 25.4 Å². The molecule has 0 aromatic heterocycles. The van der Waals surface area contributed by atoms with Crippen LogP contribution in [0, 0.1) is 5.92 Å². The summed E-state index contributed by atoms with van der Waals surface area (Å²) in [6.45, 7) is 5.24. The zero-order chi connectivity index (χ0) is 17.7. The molecule has 1 aliphatic carbocycles. The van der Waals surface area contributed by atoms with Gasteiger partial charge in [-0.05, 0) is 39.0 Å². The van der Waals surface area contributed by atoms with Crippen molar-refractivity contribution >= 4 is 15.9 Å². The van der Waals surface area contributed by atoms with Crippen molar-refractivity contribution < 1.29 is 18.3 Å². The van der Waals surface area contributed by atoms with Gasteiger partial charge in [-0.2, -0.15) is 0 Å². The molecule has 1 aliphatic heterocycles. The second-order valence-corrected chi connectivity index (χ2v) is 9.28. The summed E-state index contributed by atoms with van der Waals surface area (Å²) in [7, 11) is -3.16. The highest BCUT2D eigenvalue weighted by atomic mass is 32.2. The molecule has 2 rings (SSSR count). The van der Waals surface area contributed by atoms with Gasteiger partial charge in [-0.25, -0.2) is 12.7 Å². The van der Waals surface area contributed by atoms with Crippen molar-refractivity contribution in [3.63, 3.8) is 0 Å². The first kappa shape index (κ1) is 19.7. The maximum atomic E-state index is 13.0. The van der Waals surface area contributed by atoms with E-state index in [1.54, 1.807) is 6.92 Å². The first-order valence-electron chi connectivity index (χ1n) is 9.37. The monoisotopic (exact) mass is 360 g/mol. The molecule has 24 heavy (non-hydrogen) atoms. The highest BCUT2D eigenvalue weighted by Gasteiger charge is 2.37. The van der Waals surface area contributed by atoms with E-state index in [0.717, 1.165) is 32.1 Å². The van der Waals surface area contributed by atoms with Gasteiger partial charge in [0.25, 0.3) is 0 Å². The molecule has 2 atom stereocenters. The van der Waals surface area contributed by atoms with Gasteiger partial charge < -0.3 is 10.0 Å². The van der Waals surface area contributed by atoms with Crippen LogP contribution in [0.1, 0.15) is 58.8 Å². The Bertz CT molecular complexity index is 515. The third-order valence-corrected chi connectivity index (χ3v) is 7.28. The topological polar surface area (TPSA) is 77.9 Å². The minimum Gasteiger partial charge on any atom is -0.391 e. The van der Waals surface area contributed by atoms with Crippen LogP contribution in [0.15, 0.2) is 0 Å². The Morgan fingerprint density at radius 3 is 2.29 bits per heavy atom. The Balaban J connectivity index is 2.00. The van der Waals surface area contributed by atoms with Crippen LogP contribution in [0.3, 0.4) is 0 Å². The van der Waals surface area contributed by atoms with E-state index in [2.05, 4.69) is 0 Å². The van der Waals surface area contributed by atoms with Crippen molar-refractivity contribution in [1.82, 2.24) is 9.21 Å². The number of rotatable bonds is 6. The van der Waals surface area contributed by atoms with Gasteiger partial charge in [-0.3, -0.25) is 4.79 Å². The molecule has 0 bridgehead atoms. The lowest BCUT2D eigenvalue weighted by molar-refractivity contribution is -0.143.